The van der Waals surface area contributed by atoms with Crippen LogP contribution in [0.3, 0.4) is 0 Å². The number of Topliss-reactive ketones (excluding diaryl/α,β-unsaturated/α-hetero) is 1. The second kappa shape index (κ2) is 8.71. The van der Waals surface area contributed by atoms with Crippen molar-refractivity contribution in [1.29, 1.82) is 0 Å². The van der Waals surface area contributed by atoms with E-state index in [-0.39, 0.29) is 11.3 Å². The maximum absolute atomic E-state index is 13.2. The average molecular weight is 428 g/mol. The van der Waals surface area contributed by atoms with Crippen molar-refractivity contribution in [2.75, 3.05) is 12.0 Å². The van der Waals surface area contributed by atoms with Gasteiger partial charge in [0, 0.05) is 11.3 Å². The molecule has 0 saturated carbocycles. The maximum Gasteiger partial charge on any atom is 0.300 e. The van der Waals surface area contributed by atoms with E-state index in [0.29, 0.717) is 17.0 Å². The Morgan fingerprint density at radius 1 is 1.00 bits per heavy atom. The van der Waals surface area contributed by atoms with Crippen LogP contribution in [0.2, 0.25) is 0 Å². The van der Waals surface area contributed by atoms with E-state index in [0.717, 1.165) is 23.1 Å². The van der Waals surface area contributed by atoms with E-state index in [1.165, 1.54) is 4.90 Å². The quantitative estimate of drug-likeness (QED) is 0.346. The van der Waals surface area contributed by atoms with Crippen molar-refractivity contribution >= 4 is 23.1 Å². The molecule has 1 N–H and O–H groups in total. The highest BCUT2D eigenvalue weighted by Gasteiger charge is 2.47. The van der Waals surface area contributed by atoms with Crippen molar-refractivity contribution in [2.24, 2.45) is 0 Å². The van der Waals surface area contributed by atoms with Crippen LogP contribution in [0.15, 0.2) is 78.4 Å². The van der Waals surface area contributed by atoms with Gasteiger partial charge in [-0.3, -0.25) is 14.5 Å². The maximum atomic E-state index is 13.2. The van der Waals surface area contributed by atoms with Crippen LogP contribution in [0.5, 0.6) is 5.75 Å². The molecule has 1 saturated heterocycles. The van der Waals surface area contributed by atoms with Crippen LogP contribution >= 0.6 is 0 Å². The van der Waals surface area contributed by atoms with E-state index >= 15 is 0 Å². The lowest BCUT2D eigenvalue weighted by molar-refractivity contribution is -0.132. The van der Waals surface area contributed by atoms with E-state index in [2.05, 4.69) is 0 Å². The van der Waals surface area contributed by atoms with E-state index in [1.807, 2.05) is 50.2 Å². The number of benzene rings is 3. The van der Waals surface area contributed by atoms with Crippen molar-refractivity contribution < 1.29 is 19.4 Å². The molecule has 5 nitrogen and oxygen atoms in total. The Morgan fingerprint density at radius 3 is 2.28 bits per heavy atom. The highest BCUT2D eigenvalue weighted by atomic mass is 16.5. The summed E-state index contributed by atoms with van der Waals surface area (Å²) in [7, 11) is 1.57. The number of ketones is 1. The van der Waals surface area contributed by atoms with Crippen LogP contribution in [0.4, 0.5) is 5.69 Å². The number of hydrogen-bond donors (Lipinski definition) is 1. The zero-order valence-electron chi connectivity index (χ0n) is 18.3. The van der Waals surface area contributed by atoms with Gasteiger partial charge in [-0.05, 0) is 48.7 Å². The van der Waals surface area contributed by atoms with E-state index in [9.17, 15) is 14.7 Å². The molecule has 0 spiro atoms. The van der Waals surface area contributed by atoms with Gasteiger partial charge in [0.2, 0.25) is 0 Å². The summed E-state index contributed by atoms with van der Waals surface area (Å²) in [6.07, 6.45) is 0.867. The molecule has 1 aliphatic heterocycles. The zero-order chi connectivity index (χ0) is 22.8. The number of aliphatic hydroxyl groups excluding tert-OH is 1. The van der Waals surface area contributed by atoms with Crippen molar-refractivity contribution in [3.05, 3.63) is 101 Å². The van der Waals surface area contributed by atoms with Crippen LogP contribution in [-0.4, -0.2) is 23.9 Å². The molecule has 32 heavy (non-hydrogen) atoms. The number of carbonyl (C=O) groups excluding carboxylic acids is 2. The number of rotatable bonds is 5. The minimum Gasteiger partial charge on any atom is -0.507 e. The van der Waals surface area contributed by atoms with Crippen LogP contribution in [0.25, 0.3) is 5.76 Å². The lowest BCUT2D eigenvalue weighted by Crippen LogP contribution is -2.29. The van der Waals surface area contributed by atoms with E-state index < -0.39 is 17.7 Å². The summed E-state index contributed by atoms with van der Waals surface area (Å²) in [4.78, 5) is 27.8. The summed E-state index contributed by atoms with van der Waals surface area (Å²) in [5.74, 6) is -0.903. The fourth-order valence-electron chi connectivity index (χ4n) is 4.05. The second-order valence-corrected chi connectivity index (χ2v) is 7.83. The Morgan fingerprint density at radius 2 is 1.69 bits per heavy atom. The third-order valence-corrected chi connectivity index (χ3v) is 5.79. The van der Waals surface area contributed by atoms with Gasteiger partial charge in [0.1, 0.15) is 11.5 Å². The van der Waals surface area contributed by atoms with Gasteiger partial charge in [-0.15, -0.1) is 0 Å². The number of aliphatic hydroxyl groups is 1. The predicted octanol–water partition coefficient (Wildman–Crippen LogP) is 5.19. The summed E-state index contributed by atoms with van der Waals surface area (Å²) in [5.41, 5.74) is 4.02. The molecular weight excluding hydrogens is 402 g/mol. The number of carbonyl (C=O) groups is 2. The van der Waals surface area contributed by atoms with Crippen LogP contribution in [0, 0.1) is 6.92 Å². The number of hydrogen-bond acceptors (Lipinski definition) is 4. The molecule has 4 rings (SSSR count). The Labute approximate surface area is 187 Å². The molecule has 1 atom stereocenters. The SMILES string of the molecule is CCc1ccc(/C(O)=C2/C(=O)C(=O)N(c3ccc(OC)cc3)C2c2cccc(C)c2)cc1. The molecule has 3 aromatic rings. The molecule has 162 valence electrons. The molecule has 0 aromatic heterocycles. The third-order valence-electron chi connectivity index (χ3n) is 5.79. The minimum atomic E-state index is -0.742. The molecule has 0 bridgehead atoms. The van der Waals surface area contributed by atoms with Gasteiger partial charge < -0.3 is 9.84 Å². The lowest BCUT2D eigenvalue weighted by atomic mass is 9.94. The zero-order valence-corrected chi connectivity index (χ0v) is 18.3. The molecule has 1 amide bonds. The number of anilines is 1. The molecule has 1 fully saturated rings. The van der Waals surface area contributed by atoms with E-state index in [1.54, 1.807) is 43.5 Å². The van der Waals surface area contributed by atoms with Crippen LogP contribution in [0.1, 0.15) is 35.2 Å². The number of ether oxygens (including phenoxy) is 1. The largest absolute Gasteiger partial charge is 0.507 e. The van der Waals surface area contributed by atoms with Crippen LogP contribution < -0.4 is 9.64 Å². The van der Waals surface area contributed by atoms with Crippen molar-refractivity contribution in [1.82, 2.24) is 0 Å². The fraction of sp³-hybridized carbons (Fsp3) is 0.185. The molecule has 5 heteroatoms. The summed E-state index contributed by atoms with van der Waals surface area (Å²) in [5, 5.41) is 11.2. The predicted molar refractivity (Wildman–Crippen MR) is 125 cm³/mol. The topological polar surface area (TPSA) is 66.8 Å². The third kappa shape index (κ3) is 3.78. The Kier molecular flexibility index (Phi) is 5.82. The Balaban J connectivity index is 1.90. The molecular formula is C27H25NO4. The highest BCUT2D eigenvalue weighted by Crippen LogP contribution is 2.42. The molecule has 1 unspecified atom stereocenters. The summed E-state index contributed by atoms with van der Waals surface area (Å²) < 4.78 is 5.22. The molecule has 0 aliphatic carbocycles. The molecule has 3 aromatic carbocycles. The van der Waals surface area contributed by atoms with Gasteiger partial charge >= 0.3 is 0 Å². The Bertz CT molecular complexity index is 1190. The first kappa shape index (κ1) is 21.4. The van der Waals surface area contributed by atoms with Crippen molar-refractivity contribution in [3.63, 3.8) is 0 Å². The van der Waals surface area contributed by atoms with Gasteiger partial charge in [-0.2, -0.15) is 0 Å². The van der Waals surface area contributed by atoms with Gasteiger partial charge in [0.15, 0.2) is 0 Å². The van der Waals surface area contributed by atoms with Gasteiger partial charge in [0.05, 0.1) is 18.7 Å². The molecule has 1 aliphatic rings. The molecule has 1 heterocycles. The monoisotopic (exact) mass is 427 g/mol. The summed E-state index contributed by atoms with van der Waals surface area (Å²) in [6, 6.07) is 21.2. The minimum absolute atomic E-state index is 0.0840. The van der Waals surface area contributed by atoms with Crippen molar-refractivity contribution in [3.8, 4) is 5.75 Å². The van der Waals surface area contributed by atoms with Gasteiger partial charge in [-0.25, -0.2) is 0 Å². The number of aryl methyl sites for hydroxylation is 2. The molecule has 0 radical (unpaired) electrons. The smallest absolute Gasteiger partial charge is 0.300 e. The van der Waals surface area contributed by atoms with Gasteiger partial charge in [-0.1, -0.05) is 61.0 Å². The second-order valence-electron chi connectivity index (χ2n) is 7.83. The van der Waals surface area contributed by atoms with E-state index in [4.69, 9.17) is 4.74 Å². The first-order valence-corrected chi connectivity index (χ1v) is 10.6. The average Bonchev–Trinajstić information content (AvgIpc) is 3.09. The first-order valence-electron chi connectivity index (χ1n) is 10.6. The van der Waals surface area contributed by atoms with Crippen LogP contribution in [-0.2, 0) is 16.0 Å². The lowest BCUT2D eigenvalue weighted by Gasteiger charge is -2.26. The first-order chi connectivity index (χ1) is 15.4. The summed E-state index contributed by atoms with van der Waals surface area (Å²) in [6.45, 7) is 4.00. The Hall–Kier alpha value is -3.86. The number of nitrogens with zero attached hydrogens (tertiary/aromatic N) is 1. The fourth-order valence-corrected chi connectivity index (χ4v) is 4.05. The highest BCUT2D eigenvalue weighted by molar-refractivity contribution is 6.51. The summed E-state index contributed by atoms with van der Waals surface area (Å²) >= 11 is 0. The number of methoxy groups -OCH3 is 1. The number of amides is 1. The normalized spacial score (nSPS) is 17.6. The standard InChI is InChI=1S/C27H25NO4/c1-4-18-8-10-19(11-9-18)25(29)23-24(20-7-5-6-17(2)16-20)28(27(31)26(23)30)21-12-14-22(32-3)15-13-21/h5-16,24,29H,4H2,1-3H3/b25-23-. The van der Waals surface area contributed by atoms with Crippen molar-refractivity contribution in [2.45, 2.75) is 26.3 Å². The van der Waals surface area contributed by atoms with Gasteiger partial charge in [0.25, 0.3) is 11.7 Å².